The van der Waals surface area contributed by atoms with Crippen LogP contribution in [0.15, 0.2) is 4.52 Å². The molecule has 0 bridgehead atoms. The molecule has 1 fully saturated rings. The van der Waals surface area contributed by atoms with Crippen LogP contribution in [0.3, 0.4) is 0 Å². The summed E-state index contributed by atoms with van der Waals surface area (Å²) in [7, 11) is 0. The summed E-state index contributed by atoms with van der Waals surface area (Å²) in [4.78, 5) is 4.27. The van der Waals surface area contributed by atoms with E-state index in [9.17, 15) is 5.11 Å². The van der Waals surface area contributed by atoms with E-state index in [-0.39, 0.29) is 0 Å². The van der Waals surface area contributed by atoms with Crippen molar-refractivity contribution in [2.24, 2.45) is 0 Å². The molecule has 1 aromatic rings. The Labute approximate surface area is 104 Å². The third-order valence-electron chi connectivity index (χ3n) is 2.52. The molecule has 1 aliphatic heterocycles. The largest absolute Gasteiger partial charge is 0.384 e. The molecule has 0 aliphatic carbocycles. The van der Waals surface area contributed by atoms with Crippen LogP contribution < -0.4 is 0 Å². The van der Waals surface area contributed by atoms with Gasteiger partial charge < -0.3 is 9.63 Å². The average Bonchev–Trinajstić information content (AvgIpc) is 2.78. The van der Waals surface area contributed by atoms with Gasteiger partial charge in [-0.05, 0) is 13.3 Å². The highest BCUT2D eigenvalue weighted by atomic mass is 32.2. The first-order valence-electron chi connectivity index (χ1n) is 5.47. The van der Waals surface area contributed by atoms with Crippen molar-refractivity contribution in [3.05, 3.63) is 11.7 Å². The van der Waals surface area contributed by atoms with Crippen molar-refractivity contribution in [1.82, 2.24) is 10.1 Å². The van der Waals surface area contributed by atoms with Gasteiger partial charge in [0.2, 0.25) is 0 Å². The van der Waals surface area contributed by atoms with Crippen molar-refractivity contribution >= 4 is 23.5 Å². The molecule has 2 rings (SSSR count). The van der Waals surface area contributed by atoms with Gasteiger partial charge in [-0.25, -0.2) is 0 Å². The molecule has 0 amide bonds. The zero-order valence-electron chi connectivity index (χ0n) is 9.42. The van der Waals surface area contributed by atoms with Gasteiger partial charge in [0.05, 0.1) is 5.25 Å². The van der Waals surface area contributed by atoms with Crippen LogP contribution in [-0.2, 0) is 0 Å². The summed E-state index contributed by atoms with van der Waals surface area (Å²) >= 11 is 3.87. The fraction of sp³-hybridized carbons (Fsp3) is 0.800. The van der Waals surface area contributed by atoms with Gasteiger partial charge in [-0.3, -0.25) is 0 Å². The Kier molecular flexibility index (Phi) is 4.16. The number of hydrogen-bond acceptors (Lipinski definition) is 6. The molecule has 3 unspecified atom stereocenters. The van der Waals surface area contributed by atoms with Crippen molar-refractivity contribution < 1.29 is 9.63 Å². The molecular formula is C10H16N2O2S2. The smallest absolute Gasteiger partial charge is 0.255 e. The van der Waals surface area contributed by atoms with Crippen molar-refractivity contribution in [2.75, 3.05) is 11.5 Å². The maximum absolute atomic E-state index is 9.35. The molecule has 3 atom stereocenters. The van der Waals surface area contributed by atoms with Crippen molar-refractivity contribution in [3.8, 4) is 0 Å². The van der Waals surface area contributed by atoms with Crippen LogP contribution in [-0.4, -0.2) is 32.0 Å². The third-order valence-corrected chi connectivity index (χ3v) is 5.76. The lowest BCUT2D eigenvalue weighted by atomic mass is 10.2. The van der Waals surface area contributed by atoms with Crippen molar-refractivity contribution in [3.63, 3.8) is 0 Å². The molecule has 1 aromatic heterocycles. The van der Waals surface area contributed by atoms with Crippen LogP contribution in [0.2, 0.25) is 0 Å². The number of hydrogen-bond donors (Lipinski definition) is 1. The van der Waals surface area contributed by atoms with Crippen LogP contribution in [0.4, 0.5) is 0 Å². The number of rotatable bonds is 3. The summed E-state index contributed by atoms with van der Waals surface area (Å²) < 4.78 is 5.04. The molecule has 0 radical (unpaired) electrons. The topological polar surface area (TPSA) is 59.2 Å². The van der Waals surface area contributed by atoms with E-state index in [2.05, 4.69) is 17.1 Å². The van der Waals surface area contributed by atoms with Gasteiger partial charge in [0, 0.05) is 16.8 Å². The van der Waals surface area contributed by atoms with Crippen molar-refractivity contribution in [2.45, 2.75) is 36.9 Å². The van der Waals surface area contributed by atoms with Gasteiger partial charge in [-0.2, -0.15) is 16.7 Å². The first-order valence-corrected chi connectivity index (χ1v) is 7.57. The molecule has 0 aromatic carbocycles. The molecule has 1 aliphatic rings. The summed E-state index contributed by atoms with van der Waals surface area (Å²) in [6.45, 7) is 3.82. The lowest BCUT2D eigenvalue weighted by Gasteiger charge is -2.27. The lowest BCUT2D eigenvalue weighted by molar-refractivity contribution is 0.151. The van der Waals surface area contributed by atoms with Gasteiger partial charge in [-0.1, -0.05) is 12.1 Å². The van der Waals surface area contributed by atoms with E-state index in [1.165, 1.54) is 5.75 Å². The zero-order chi connectivity index (χ0) is 11.5. The molecule has 4 nitrogen and oxygen atoms in total. The van der Waals surface area contributed by atoms with E-state index in [4.69, 9.17) is 4.52 Å². The second-order valence-electron chi connectivity index (χ2n) is 3.78. The van der Waals surface area contributed by atoms with Crippen LogP contribution >= 0.6 is 23.5 Å². The Morgan fingerprint density at radius 1 is 1.50 bits per heavy atom. The number of aliphatic hydroxyl groups excluding tert-OH is 1. The highest BCUT2D eigenvalue weighted by Crippen LogP contribution is 2.42. The summed E-state index contributed by atoms with van der Waals surface area (Å²) in [5, 5.41) is 14.2. The normalized spacial score (nSPS) is 27.9. The van der Waals surface area contributed by atoms with Gasteiger partial charge in [0.25, 0.3) is 5.89 Å². The van der Waals surface area contributed by atoms with E-state index >= 15 is 0 Å². The Balaban J connectivity index is 2.14. The van der Waals surface area contributed by atoms with E-state index in [0.717, 1.165) is 18.0 Å². The molecule has 2 heterocycles. The lowest BCUT2D eigenvalue weighted by Crippen LogP contribution is -2.19. The minimum Gasteiger partial charge on any atom is -0.384 e. The number of nitrogens with zero attached hydrogens (tertiary/aromatic N) is 2. The summed E-state index contributed by atoms with van der Waals surface area (Å²) in [6, 6.07) is 0. The van der Waals surface area contributed by atoms with Gasteiger partial charge in [-0.15, -0.1) is 11.8 Å². The molecule has 16 heavy (non-hydrogen) atoms. The minimum absolute atomic E-state index is 0.306. The van der Waals surface area contributed by atoms with Crippen LogP contribution in [0, 0.1) is 0 Å². The Morgan fingerprint density at radius 3 is 2.88 bits per heavy atom. The zero-order valence-corrected chi connectivity index (χ0v) is 11.1. The molecule has 6 heteroatoms. The Bertz CT molecular complexity index is 343. The maximum atomic E-state index is 9.35. The maximum Gasteiger partial charge on any atom is 0.255 e. The van der Waals surface area contributed by atoms with Crippen LogP contribution in [0.5, 0.6) is 0 Å². The van der Waals surface area contributed by atoms with Crippen molar-refractivity contribution in [1.29, 1.82) is 0 Å². The van der Waals surface area contributed by atoms with Gasteiger partial charge in [0.1, 0.15) is 6.10 Å². The Morgan fingerprint density at radius 2 is 2.25 bits per heavy atom. The summed E-state index contributed by atoms with van der Waals surface area (Å²) in [5.74, 6) is 3.38. The predicted octanol–water partition coefficient (Wildman–Crippen LogP) is 2.42. The minimum atomic E-state index is -0.678. The molecule has 1 N–H and O–H groups in total. The van der Waals surface area contributed by atoms with Gasteiger partial charge in [0.15, 0.2) is 5.82 Å². The van der Waals surface area contributed by atoms with E-state index in [1.54, 1.807) is 6.92 Å². The van der Waals surface area contributed by atoms with E-state index < -0.39 is 6.10 Å². The number of aromatic nitrogens is 2. The molecular weight excluding hydrogens is 244 g/mol. The molecule has 0 spiro atoms. The second kappa shape index (κ2) is 5.42. The van der Waals surface area contributed by atoms with E-state index in [1.807, 2.05) is 23.5 Å². The Hall–Kier alpha value is -0.200. The fourth-order valence-corrected chi connectivity index (χ4v) is 4.66. The van der Waals surface area contributed by atoms with Crippen LogP contribution in [0.25, 0.3) is 0 Å². The standard InChI is InChI=1S/C10H16N2O2S2/c1-3-7-8(16-5-4-15-7)9-11-10(6(2)13)14-12-9/h6-8,13H,3-5H2,1-2H3. The highest BCUT2D eigenvalue weighted by Gasteiger charge is 2.30. The average molecular weight is 260 g/mol. The molecule has 0 saturated carbocycles. The third kappa shape index (κ3) is 2.55. The number of thioether (sulfide) groups is 2. The molecule has 90 valence electrons. The van der Waals surface area contributed by atoms with Crippen LogP contribution in [0.1, 0.15) is 43.3 Å². The quantitative estimate of drug-likeness (QED) is 0.900. The first-order chi connectivity index (χ1) is 7.72. The fourth-order valence-electron chi connectivity index (χ4n) is 1.67. The van der Waals surface area contributed by atoms with Gasteiger partial charge >= 0.3 is 0 Å². The SMILES string of the molecule is CCC1SCCSC1c1noc(C(C)O)n1. The second-order valence-corrected chi connectivity index (χ2v) is 6.37. The number of aliphatic hydroxyl groups is 1. The highest BCUT2D eigenvalue weighted by molar-refractivity contribution is 8.06. The summed E-state index contributed by atoms with van der Waals surface area (Å²) in [6.07, 6.45) is 0.434. The first kappa shape index (κ1) is 12.3. The monoisotopic (exact) mass is 260 g/mol. The summed E-state index contributed by atoms with van der Waals surface area (Å²) in [5.41, 5.74) is 0. The predicted molar refractivity (Wildman–Crippen MR) is 66.7 cm³/mol. The van der Waals surface area contributed by atoms with E-state index in [0.29, 0.717) is 16.4 Å². The molecule has 1 saturated heterocycles.